The Morgan fingerprint density at radius 1 is 1.38 bits per heavy atom. The van der Waals surface area contributed by atoms with Crippen LogP contribution in [0.15, 0.2) is 36.9 Å². The number of aromatic nitrogens is 2. The normalized spacial score (nSPS) is 10.4. The number of hydrogen-bond acceptors (Lipinski definition) is 3. The minimum atomic E-state index is 0.790. The van der Waals surface area contributed by atoms with Crippen LogP contribution in [0.1, 0.15) is 5.56 Å². The molecule has 0 aliphatic heterocycles. The molecule has 0 atom stereocenters. The third-order valence-electron chi connectivity index (χ3n) is 2.50. The summed E-state index contributed by atoms with van der Waals surface area (Å²) in [5.74, 6) is 0. The Morgan fingerprint density at radius 2 is 2.19 bits per heavy atom. The minimum absolute atomic E-state index is 0.790. The molecule has 0 radical (unpaired) electrons. The molecular weight excluding hydrogens is 200 g/mol. The summed E-state index contributed by atoms with van der Waals surface area (Å²) in [4.78, 5) is 6.12. The van der Waals surface area contributed by atoms with E-state index in [-0.39, 0.29) is 0 Å². The quantitative estimate of drug-likeness (QED) is 0.792. The molecule has 0 saturated carbocycles. The SMILES string of the molecule is CN(C)c1ccc(N)cc1Cn1ccnc1. The van der Waals surface area contributed by atoms with Gasteiger partial charge in [-0.2, -0.15) is 0 Å². The van der Waals surface area contributed by atoms with Crippen molar-refractivity contribution in [2.75, 3.05) is 24.7 Å². The van der Waals surface area contributed by atoms with Crippen molar-refractivity contribution in [3.8, 4) is 0 Å². The predicted octanol–water partition coefficient (Wildman–Crippen LogP) is 1.58. The van der Waals surface area contributed by atoms with Crippen molar-refractivity contribution in [3.05, 3.63) is 42.5 Å². The fourth-order valence-corrected chi connectivity index (χ4v) is 1.75. The number of rotatable bonds is 3. The maximum Gasteiger partial charge on any atom is 0.0949 e. The van der Waals surface area contributed by atoms with Crippen LogP contribution in [0.3, 0.4) is 0 Å². The van der Waals surface area contributed by atoms with Gasteiger partial charge in [-0.1, -0.05) is 0 Å². The van der Waals surface area contributed by atoms with Gasteiger partial charge in [0, 0.05) is 37.9 Å². The van der Waals surface area contributed by atoms with Crippen LogP contribution in [0.25, 0.3) is 0 Å². The molecule has 0 aliphatic rings. The minimum Gasteiger partial charge on any atom is -0.399 e. The molecule has 0 amide bonds. The smallest absolute Gasteiger partial charge is 0.0949 e. The zero-order valence-corrected chi connectivity index (χ0v) is 9.59. The van der Waals surface area contributed by atoms with E-state index < -0.39 is 0 Å². The van der Waals surface area contributed by atoms with Crippen LogP contribution in [-0.2, 0) is 6.54 Å². The van der Waals surface area contributed by atoms with Gasteiger partial charge in [0.1, 0.15) is 0 Å². The maximum absolute atomic E-state index is 5.81. The summed E-state index contributed by atoms with van der Waals surface area (Å²) >= 11 is 0. The standard InChI is InChI=1S/C12H16N4/c1-15(2)12-4-3-11(13)7-10(12)8-16-6-5-14-9-16/h3-7,9H,8,13H2,1-2H3. The van der Waals surface area contributed by atoms with Gasteiger partial charge in [-0.3, -0.25) is 0 Å². The lowest BCUT2D eigenvalue weighted by Crippen LogP contribution is -2.13. The first-order valence-electron chi connectivity index (χ1n) is 5.18. The van der Waals surface area contributed by atoms with E-state index in [0.717, 1.165) is 12.2 Å². The Labute approximate surface area is 95.3 Å². The highest BCUT2D eigenvalue weighted by Gasteiger charge is 2.05. The van der Waals surface area contributed by atoms with Crippen molar-refractivity contribution in [1.82, 2.24) is 9.55 Å². The van der Waals surface area contributed by atoms with E-state index in [4.69, 9.17) is 5.73 Å². The third-order valence-corrected chi connectivity index (χ3v) is 2.50. The number of nitrogen functional groups attached to an aromatic ring is 1. The highest BCUT2D eigenvalue weighted by Crippen LogP contribution is 2.22. The summed E-state index contributed by atoms with van der Waals surface area (Å²) in [5, 5.41) is 0. The van der Waals surface area contributed by atoms with Gasteiger partial charge in [0.05, 0.1) is 12.9 Å². The fraction of sp³-hybridized carbons (Fsp3) is 0.250. The summed E-state index contributed by atoms with van der Waals surface area (Å²) in [6.45, 7) is 0.790. The van der Waals surface area contributed by atoms with Crippen molar-refractivity contribution < 1.29 is 0 Å². The predicted molar refractivity (Wildman–Crippen MR) is 66.5 cm³/mol. The van der Waals surface area contributed by atoms with Gasteiger partial charge in [0.25, 0.3) is 0 Å². The van der Waals surface area contributed by atoms with E-state index in [0.29, 0.717) is 0 Å². The summed E-state index contributed by atoms with van der Waals surface area (Å²) < 4.78 is 2.03. The summed E-state index contributed by atoms with van der Waals surface area (Å²) in [7, 11) is 4.06. The molecule has 0 spiro atoms. The molecule has 84 valence electrons. The Hall–Kier alpha value is -1.97. The van der Waals surface area contributed by atoms with Crippen LogP contribution >= 0.6 is 0 Å². The molecule has 4 heteroatoms. The highest BCUT2D eigenvalue weighted by atomic mass is 15.1. The third kappa shape index (κ3) is 2.16. The number of hydrogen-bond donors (Lipinski definition) is 1. The average Bonchev–Trinajstić information content (AvgIpc) is 2.70. The first-order chi connectivity index (χ1) is 7.66. The van der Waals surface area contributed by atoms with E-state index >= 15 is 0 Å². The molecule has 0 saturated heterocycles. The Bertz CT molecular complexity index is 460. The fourth-order valence-electron chi connectivity index (χ4n) is 1.75. The van der Waals surface area contributed by atoms with Crippen LogP contribution in [0.2, 0.25) is 0 Å². The zero-order chi connectivity index (χ0) is 11.5. The number of anilines is 2. The van der Waals surface area contributed by atoms with Gasteiger partial charge in [0.2, 0.25) is 0 Å². The largest absolute Gasteiger partial charge is 0.399 e. The Balaban J connectivity index is 2.34. The van der Waals surface area contributed by atoms with Gasteiger partial charge in [-0.15, -0.1) is 0 Å². The molecule has 0 bridgehead atoms. The molecule has 0 aliphatic carbocycles. The molecule has 0 fully saturated rings. The average molecular weight is 216 g/mol. The van der Waals surface area contributed by atoms with E-state index in [1.807, 2.05) is 49.4 Å². The first-order valence-corrected chi connectivity index (χ1v) is 5.18. The monoisotopic (exact) mass is 216 g/mol. The lowest BCUT2D eigenvalue weighted by atomic mass is 10.1. The van der Waals surface area contributed by atoms with Crippen molar-refractivity contribution in [3.63, 3.8) is 0 Å². The van der Waals surface area contributed by atoms with Crippen molar-refractivity contribution in [2.45, 2.75) is 6.54 Å². The summed E-state index contributed by atoms with van der Waals surface area (Å²) in [6, 6.07) is 5.98. The van der Waals surface area contributed by atoms with E-state index in [1.165, 1.54) is 11.3 Å². The Kier molecular flexibility index (Phi) is 2.81. The first kappa shape index (κ1) is 10.5. The van der Waals surface area contributed by atoms with Crippen LogP contribution in [0.4, 0.5) is 11.4 Å². The van der Waals surface area contributed by atoms with E-state index in [1.54, 1.807) is 6.20 Å². The van der Waals surface area contributed by atoms with Crippen LogP contribution in [0.5, 0.6) is 0 Å². The molecule has 1 heterocycles. The summed E-state index contributed by atoms with van der Waals surface area (Å²) in [5.41, 5.74) is 8.99. The molecule has 2 aromatic rings. The second kappa shape index (κ2) is 4.26. The van der Waals surface area contributed by atoms with Crippen molar-refractivity contribution in [1.29, 1.82) is 0 Å². The van der Waals surface area contributed by atoms with Gasteiger partial charge < -0.3 is 15.2 Å². The zero-order valence-electron chi connectivity index (χ0n) is 9.59. The maximum atomic E-state index is 5.81. The molecule has 0 unspecified atom stereocenters. The van der Waals surface area contributed by atoms with Gasteiger partial charge >= 0.3 is 0 Å². The Morgan fingerprint density at radius 3 is 2.81 bits per heavy atom. The topological polar surface area (TPSA) is 47.1 Å². The van der Waals surface area contributed by atoms with Crippen molar-refractivity contribution in [2.24, 2.45) is 0 Å². The number of benzene rings is 1. The lowest BCUT2D eigenvalue weighted by molar-refractivity contribution is 0.795. The second-order valence-corrected chi connectivity index (χ2v) is 4.02. The van der Waals surface area contributed by atoms with Gasteiger partial charge in [-0.25, -0.2) is 4.98 Å². The number of nitrogens with zero attached hydrogens (tertiary/aromatic N) is 3. The molecule has 1 aromatic heterocycles. The molecule has 2 N–H and O–H groups in total. The van der Waals surface area contributed by atoms with E-state index in [2.05, 4.69) is 9.88 Å². The van der Waals surface area contributed by atoms with Crippen LogP contribution < -0.4 is 10.6 Å². The van der Waals surface area contributed by atoms with Gasteiger partial charge in [-0.05, 0) is 23.8 Å². The molecule has 1 aromatic carbocycles. The van der Waals surface area contributed by atoms with Crippen molar-refractivity contribution >= 4 is 11.4 Å². The lowest BCUT2D eigenvalue weighted by Gasteiger charge is -2.18. The molecule has 16 heavy (non-hydrogen) atoms. The van der Waals surface area contributed by atoms with E-state index in [9.17, 15) is 0 Å². The molecule has 4 nitrogen and oxygen atoms in total. The highest BCUT2D eigenvalue weighted by molar-refractivity contribution is 5.59. The molecule has 2 rings (SSSR count). The van der Waals surface area contributed by atoms with Gasteiger partial charge in [0.15, 0.2) is 0 Å². The number of imidazole rings is 1. The summed E-state index contributed by atoms with van der Waals surface area (Å²) in [6.07, 6.45) is 5.53. The second-order valence-electron chi connectivity index (χ2n) is 4.02. The van der Waals surface area contributed by atoms with Crippen LogP contribution in [-0.4, -0.2) is 23.6 Å². The van der Waals surface area contributed by atoms with Crippen LogP contribution in [0, 0.1) is 0 Å². The molecular formula is C12H16N4. The number of nitrogens with two attached hydrogens (primary N) is 1.